The third-order valence-corrected chi connectivity index (χ3v) is 9.31. The van der Waals surface area contributed by atoms with Crippen molar-refractivity contribution in [2.24, 2.45) is 0 Å². The molecular formula is C39H73O10P. The highest BCUT2D eigenvalue weighted by molar-refractivity contribution is 7.47. The molecule has 0 aliphatic heterocycles. The number of carbonyl (C=O) groups is 2. The third-order valence-electron chi connectivity index (χ3n) is 8.36. The van der Waals surface area contributed by atoms with E-state index < -0.39 is 51.8 Å². The van der Waals surface area contributed by atoms with Crippen molar-refractivity contribution in [3.8, 4) is 0 Å². The first-order chi connectivity index (χ1) is 24.2. The highest BCUT2D eigenvalue weighted by atomic mass is 31.2. The molecule has 0 bridgehead atoms. The summed E-state index contributed by atoms with van der Waals surface area (Å²) in [6.45, 7) is 2.32. The Balaban J connectivity index is 4.30. The number of aliphatic hydroxyl groups excluding tert-OH is 2. The van der Waals surface area contributed by atoms with Gasteiger partial charge in [0.25, 0.3) is 0 Å². The second-order valence-corrected chi connectivity index (χ2v) is 14.8. The Morgan fingerprint density at radius 2 is 1.04 bits per heavy atom. The van der Waals surface area contributed by atoms with Gasteiger partial charge in [-0.15, -0.1) is 0 Å². The van der Waals surface area contributed by atoms with Gasteiger partial charge in [-0.25, -0.2) is 4.57 Å². The number of esters is 2. The summed E-state index contributed by atoms with van der Waals surface area (Å²) >= 11 is 0. The van der Waals surface area contributed by atoms with Gasteiger partial charge in [0.2, 0.25) is 0 Å². The highest BCUT2D eigenvalue weighted by Gasteiger charge is 2.27. The zero-order chi connectivity index (χ0) is 37.0. The number of hydrogen-bond donors (Lipinski definition) is 3. The molecule has 294 valence electrons. The van der Waals surface area contributed by atoms with E-state index >= 15 is 0 Å². The molecule has 3 N–H and O–H groups in total. The number of aliphatic hydroxyl groups is 2. The summed E-state index contributed by atoms with van der Waals surface area (Å²) in [6.07, 6.45) is 32.9. The van der Waals surface area contributed by atoms with Gasteiger partial charge in [-0.1, -0.05) is 141 Å². The van der Waals surface area contributed by atoms with Crippen LogP contribution in [0.3, 0.4) is 0 Å². The molecule has 0 aromatic rings. The number of unbranched alkanes of at least 4 members (excludes halogenated alkanes) is 19. The minimum atomic E-state index is -4.61. The third kappa shape index (κ3) is 34.9. The molecule has 50 heavy (non-hydrogen) atoms. The number of phosphoric ester groups is 1. The molecule has 0 aromatic carbocycles. The summed E-state index contributed by atoms with van der Waals surface area (Å²) in [5.41, 5.74) is 0. The van der Waals surface area contributed by atoms with Gasteiger partial charge in [0.15, 0.2) is 6.10 Å². The van der Waals surface area contributed by atoms with Crippen LogP contribution in [0.25, 0.3) is 0 Å². The molecule has 0 fully saturated rings. The van der Waals surface area contributed by atoms with E-state index in [0.717, 1.165) is 51.4 Å². The van der Waals surface area contributed by atoms with Gasteiger partial charge in [-0.05, 0) is 44.9 Å². The van der Waals surface area contributed by atoms with Gasteiger partial charge in [-0.3, -0.25) is 18.6 Å². The molecule has 3 atom stereocenters. The number of phosphoric acid groups is 1. The van der Waals surface area contributed by atoms with E-state index in [-0.39, 0.29) is 19.4 Å². The normalized spacial score (nSPS) is 14.3. The lowest BCUT2D eigenvalue weighted by Gasteiger charge is -2.20. The van der Waals surface area contributed by atoms with Gasteiger partial charge in [-0.2, -0.15) is 0 Å². The SMILES string of the molecule is CCCCC/C=C/C/C=C/CCCCCCCCCC(=O)OC[C@@H](COP(=O)(O)OC[C@H](O)CO)OC(=O)CCCCCCCCCCCC. The van der Waals surface area contributed by atoms with Crippen LogP contribution in [0.15, 0.2) is 24.3 Å². The first-order valence-corrected chi connectivity index (χ1v) is 21.3. The van der Waals surface area contributed by atoms with Gasteiger partial charge < -0.3 is 24.6 Å². The number of carbonyl (C=O) groups excluding carboxylic acids is 2. The minimum Gasteiger partial charge on any atom is -0.462 e. The van der Waals surface area contributed by atoms with Crippen molar-refractivity contribution in [3.05, 3.63) is 24.3 Å². The van der Waals surface area contributed by atoms with Gasteiger partial charge >= 0.3 is 19.8 Å². The fraction of sp³-hybridized carbons (Fsp3) is 0.846. The molecule has 0 heterocycles. The van der Waals surface area contributed by atoms with Crippen LogP contribution in [0.2, 0.25) is 0 Å². The fourth-order valence-corrected chi connectivity index (χ4v) is 6.05. The van der Waals surface area contributed by atoms with Crippen molar-refractivity contribution in [1.29, 1.82) is 0 Å². The molecule has 0 amide bonds. The van der Waals surface area contributed by atoms with Crippen molar-refractivity contribution < 1.29 is 47.8 Å². The highest BCUT2D eigenvalue weighted by Crippen LogP contribution is 2.43. The Hall–Kier alpha value is -1.55. The largest absolute Gasteiger partial charge is 0.472 e. The average Bonchev–Trinajstić information content (AvgIpc) is 3.10. The molecule has 10 nitrogen and oxygen atoms in total. The molecule has 0 spiro atoms. The molecule has 0 aliphatic rings. The van der Waals surface area contributed by atoms with Crippen LogP contribution in [0.4, 0.5) is 0 Å². The number of rotatable bonds is 37. The Morgan fingerprint density at radius 3 is 1.58 bits per heavy atom. The minimum absolute atomic E-state index is 0.185. The summed E-state index contributed by atoms with van der Waals surface area (Å²) in [5.74, 6) is -0.933. The lowest BCUT2D eigenvalue weighted by molar-refractivity contribution is -0.161. The predicted octanol–water partition coefficient (Wildman–Crippen LogP) is 9.83. The van der Waals surface area contributed by atoms with Crippen LogP contribution in [-0.2, 0) is 32.7 Å². The summed E-state index contributed by atoms with van der Waals surface area (Å²) in [4.78, 5) is 34.8. The quantitative estimate of drug-likeness (QED) is 0.0244. The Labute approximate surface area is 304 Å². The number of ether oxygens (including phenoxy) is 2. The summed E-state index contributed by atoms with van der Waals surface area (Å²) in [7, 11) is -4.61. The lowest BCUT2D eigenvalue weighted by Crippen LogP contribution is -2.29. The van der Waals surface area contributed by atoms with Crippen LogP contribution >= 0.6 is 7.82 Å². The molecule has 0 rings (SSSR count). The van der Waals surface area contributed by atoms with E-state index in [1.54, 1.807) is 0 Å². The smallest absolute Gasteiger partial charge is 0.462 e. The maximum absolute atomic E-state index is 12.5. The topological polar surface area (TPSA) is 149 Å². The second-order valence-electron chi connectivity index (χ2n) is 13.3. The van der Waals surface area contributed by atoms with Crippen LogP contribution in [0.5, 0.6) is 0 Å². The van der Waals surface area contributed by atoms with Crippen LogP contribution in [0, 0.1) is 0 Å². The van der Waals surface area contributed by atoms with Crippen LogP contribution in [-0.4, -0.2) is 65.7 Å². The van der Waals surface area contributed by atoms with E-state index in [0.29, 0.717) is 12.8 Å². The first kappa shape index (κ1) is 48.5. The molecule has 1 unspecified atom stereocenters. The molecule has 0 saturated heterocycles. The standard InChI is InChI=1S/C39H73O10P/c1-3-5-7-9-11-13-15-16-17-18-19-20-21-23-24-26-28-30-38(42)46-34-37(35-48-50(44,45)47-33-36(41)32-40)49-39(43)31-29-27-25-22-14-12-10-8-6-4-2/h11,13,16-17,36-37,40-41H,3-10,12,14-15,18-35H2,1-2H3,(H,44,45)/b13-11+,17-16+/t36-,37+/m1/s1. The first-order valence-electron chi connectivity index (χ1n) is 19.8. The Kier molecular flexibility index (Phi) is 34.7. The molecule has 0 aromatic heterocycles. The van der Waals surface area contributed by atoms with E-state index in [4.69, 9.17) is 19.1 Å². The van der Waals surface area contributed by atoms with Crippen molar-refractivity contribution >= 4 is 19.8 Å². The fourth-order valence-electron chi connectivity index (χ4n) is 5.26. The summed E-state index contributed by atoms with van der Waals surface area (Å²) in [5, 5.41) is 18.3. The molecule has 0 saturated carbocycles. The summed E-state index contributed by atoms with van der Waals surface area (Å²) < 4.78 is 32.6. The Morgan fingerprint density at radius 1 is 0.600 bits per heavy atom. The Bertz CT molecular complexity index is 894. The van der Waals surface area contributed by atoms with E-state index in [2.05, 4.69) is 42.7 Å². The zero-order valence-corrected chi connectivity index (χ0v) is 32.5. The van der Waals surface area contributed by atoms with E-state index in [9.17, 15) is 24.2 Å². The van der Waals surface area contributed by atoms with Crippen LogP contribution < -0.4 is 0 Å². The number of hydrogen-bond acceptors (Lipinski definition) is 9. The monoisotopic (exact) mass is 732 g/mol. The van der Waals surface area contributed by atoms with E-state index in [1.807, 2.05) is 0 Å². The summed E-state index contributed by atoms with van der Waals surface area (Å²) in [6, 6.07) is 0. The zero-order valence-electron chi connectivity index (χ0n) is 31.6. The van der Waals surface area contributed by atoms with Crippen molar-refractivity contribution in [2.75, 3.05) is 26.4 Å². The number of allylic oxidation sites excluding steroid dienone is 4. The van der Waals surface area contributed by atoms with Gasteiger partial charge in [0.05, 0.1) is 19.8 Å². The van der Waals surface area contributed by atoms with Crippen molar-refractivity contribution in [2.45, 2.75) is 187 Å². The molecule has 0 radical (unpaired) electrons. The molecule has 0 aliphatic carbocycles. The van der Waals surface area contributed by atoms with Gasteiger partial charge in [0, 0.05) is 12.8 Å². The maximum atomic E-state index is 12.5. The lowest BCUT2D eigenvalue weighted by atomic mass is 10.1. The van der Waals surface area contributed by atoms with Crippen LogP contribution in [0.1, 0.15) is 174 Å². The molecular weight excluding hydrogens is 659 g/mol. The van der Waals surface area contributed by atoms with Gasteiger partial charge in [0.1, 0.15) is 12.7 Å². The second kappa shape index (κ2) is 35.8. The van der Waals surface area contributed by atoms with Crippen molar-refractivity contribution in [1.82, 2.24) is 0 Å². The predicted molar refractivity (Wildman–Crippen MR) is 201 cm³/mol. The maximum Gasteiger partial charge on any atom is 0.472 e. The van der Waals surface area contributed by atoms with E-state index in [1.165, 1.54) is 83.5 Å². The van der Waals surface area contributed by atoms with Crippen molar-refractivity contribution in [3.63, 3.8) is 0 Å². The molecule has 11 heteroatoms. The average molecular weight is 733 g/mol.